The van der Waals surface area contributed by atoms with Gasteiger partial charge in [-0.3, -0.25) is 4.79 Å². The summed E-state index contributed by atoms with van der Waals surface area (Å²) < 4.78 is 398. The van der Waals surface area contributed by atoms with Crippen molar-refractivity contribution in [3.63, 3.8) is 0 Å². The number of hydrogen-bond acceptors (Lipinski definition) is 3. The Hall–Kier alpha value is -3.96. The Kier molecular flexibility index (Phi) is 13.1. The number of benzene rings is 1. The molecule has 342 valence electrons. The van der Waals surface area contributed by atoms with Gasteiger partial charge in [0, 0.05) is 12.5 Å². The van der Waals surface area contributed by atoms with Crippen LogP contribution >= 0.6 is 0 Å². The molecule has 1 rings (SSSR count). The van der Waals surface area contributed by atoms with Gasteiger partial charge in [0.25, 0.3) is 5.91 Å². The fourth-order valence-electron chi connectivity index (χ4n) is 4.28. The van der Waals surface area contributed by atoms with Crippen LogP contribution in [0.15, 0.2) is 23.2 Å². The van der Waals surface area contributed by atoms with E-state index in [1.54, 1.807) is 0 Å². The zero-order valence-electron chi connectivity index (χ0n) is 27.2. The van der Waals surface area contributed by atoms with Crippen LogP contribution in [0.2, 0.25) is 0 Å². The van der Waals surface area contributed by atoms with E-state index in [-0.39, 0.29) is 12.5 Å². The predicted octanol–water partition coefficient (Wildman–Crippen LogP) is 11.3. The number of aliphatic imine (C=N–C) groups is 1. The number of carbonyl (C=O) groups excluding carboxylic acids is 2. The summed E-state index contributed by atoms with van der Waals surface area (Å²) in [5.74, 6) is -123. The van der Waals surface area contributed by atoms with Crippen LogP contribution in [0.4, 0.5) is 133 Å². The molecule has 0 heterocycles. The smallest absolute Gasteiger partial charge is 0.349 e. The Morgan fingerprint density at radius 2 is 0.814 bits per heavy atom. The first kappa shape index (κ1) is 53.1. The summed E-state index contributed by atoms with van der Waals surface area (Å²) in [4.78, 5) is 25.9. The molecule has 33 heteroatoms. The largest absolute Gasteiger partial charge is 0.460 e. The number of isocyanates is 1. The number of rotatable bonds is 17. The zero-order chi connectivity index (χ0) is 47.8. The molecule has 1 amide bonds. The molecule has 0 saturated heterocycles. The maximum atomic E-state index is 14.4. The highest BCUT2D eigenvalue weighted by atomic mass is 19.4. The second kappa shape index (κ2) is 14.6. The first-order valence-corrected chi connectivity index (χ1v) is 14.0. The van der Waals surface area contributed by atoms with Gasteiger partial charge in [0.1, 0.15) is 0 Å². The number of amides is 1. The molecule has 1 unspecified atom stereocenters. The van der Waals surface area contributed by atoms with E-state index >= 15 is 0 Å². The third-order valence-electron chi connectivity index (χ3n) is 7.73. The van der Waals surface area contributed by atoms with Gasteiger partial charge in [-0.25, -0.2) is 4.79 Å². The molecular formula is C26H13F29N2O2. The molecule has 1 aromatic rings. The number of carbonyl (C=O) groups is 1. The molecule has 0 aliphatic heterocycles. The van der Waals surface area contributed by atoms with Gasteiger partial charge in [-0.05, 0) is 25.5 Å². The second-order valence-corrected chi connectivity index (χ2v) is 11.8. The van der Waals surface area contributed by atoms with Crippen LogP contribution in [-0.4, -0.2) is 101 Å². The summed E-state index contributed by atoms with van der Waals surface area (Å²) in [6.07, 6.45) is -10.7. The molecule has 0 aromatic heterocycles. The summed E-state index contributed by atoms with van der Waals surface area (Å²) in [5.41, 5.74) is -1.65. The van der Waals surface area contributed by atoms with Crippen molar-refractivity contribution >= 4 is 17.7 Å². The van der Waals surface area contributed by atoms with E-state index in [1.165, 1.54) is 5.32 Å². The fourth-order valence-corrected chi connectivity index (χ4v) is 4.28. The highest BCUT2D eigenvalue weighted by molar-refractivity contribution is 6.00. The average Bonchev–Trinajstić information content (AvgIpc) is 3.03. The average molecular weight is 936 g/mol. The van der Waals surface area contributed by atoms with E-state index < -0.39 is 113 Å². The molecule has 4 nitrogen and oxygen atoms in total. The Morgan fingerprint density at radius 3 is 1.10 bits per heavy atom. The summed E-state index contributed by atoms with van der Waals surface area (Å²) in [6.45, 7) is 1.16. The van der Waals surface area contributed by atoms with Gasteiger partial charge in [0.15, 0.2) is 0 Å². The van der Waals surface area contributed by atoms with E-state index in [1.807, 2.05) is 0 Å². The summed E-state index contributed by atoms with van der Waals surface area (Å²) >= 11 is 0. The molecule has 0 fully saturated rings. The van der Waals surface area contributed by atoms with Crippen molar-refractivity contribution in [2.75, 3.05) is 0 Å². The zero-order valence-corrected chi connectivity index (χ0v) is 27.2. The van der Waals surface area contributed by atoms with Crippen molar-refractivity contribution in [2.45, 2.75) is 109 Å². The lowest BCUT2D eigenvalue weighted by molar-refractivity contribution is -0.487. The van der Waals surface area contributed by atoms with Crippen LogP contribution in [-0.2, 0) is 4.79 Å². The van der Waals surface area contributed by atoms with E-state index in [9.17, 15) is 137 Å². The predicted molar refractivity (Wildman–Crippen MR) is 131 cm³/mol. The van der Waals surface area contributed by atoms with Gasteiger partial charge < -0.3 is 5.32 Å². The Balaban J connectivity index is 3.81. The molecule has 0 bridgehead atoms. The Bertz CT molecular complexity index is 1770. The second-order valence-electron chi connectivity index (χ2n) is 11.8. The number of nitrogens with one attached hydrogen (secondary N) is 1. The molecule has 0 radical (unpaired) electrons. The molecule has 0 saturated carbocycles. The molecule has 1 N–H and O–H groups in total. The van der Waals surface area contributed by atoms with Crippen LogP contribution in [0.1, 0.15) is 29.3 Å². The van der Waals surface area contributed by atoms with E-state index in [4.69, 9.17) is 0 Å². The summed E-state index contributed by atoms with van der Waals surface area (Å²) in [6, 6.07) is -0.133. The van der Waals surface area contributed by atoms with Gasteiger partial charge in [0.05, 0.1) is 11.3 Å². The van der Waals surface area contributed by atoms with E-state index in [0.717, 1.165) is 25.1 Å². The van der Waals surface area contributed by atoms with Crippen LogP contribution in [0, 0.1) is 6.92 Å². The first-order valence-electron chi connectivity index (χ1n) is 14.0. The SMILES string of the molecule is Cc1cccc(C(=O)NC(C)CC(F)(F)C(F)(F)C(F)(F)C(F)(F)C(F)(F)C(F)(F)C(F)(F)C(F)(F)C(F)(F)C(F)(F)C(F)(F)C(F)(F)C(F)(F)C(F)(F)F)c1N=C=O. The maximum Gasteiger partial charge on any atom is 0.460 e. The highest BCUT2D eigenvalue weighted by Crippen LogP contribution is 2.69. The lowest BCUT2D eigenvalue weighted by Gasteiger charge is -2.46. The van der Waals surface area contributed by atoms with Crippen molar-refractivity contribution in [1.29, 1.82) is 0 Å². The summed E-state index contributed by atoms with van der Waals surface area (Å²) in [5, 5.41) is 1.24. The van der Waals surface area contributed by atoms with Crippen molar-refractivity contribution in [3.05, 3.63) is 29.3 Å². The van der Waals surface area contributed by atoms with Gasteiger partial charge in [-0.1, -0.05) is 12.1 Å². The third-order valence-corrected chi connectivity index (χ3v) is 7.73. The standard InChI is InChI=1S/C26H13F29N2O2/c1-8-4-3-5-10(11(8)56-7-58)12(59)57-9(2)6-13(27,28)14(29,30)15(31,32)16(33,34)17(35,36)18(37,38)19(39,40)20(41,42)21(43,44)22(45,46)23(47,48)24(49,50)25(51,52)26(53,54)55/h3-5,9H,6H2,1-2H3,(H,57,59). The highest BCUT2D eigenvalue weighted by Gasteiger charge is 3.00. The maximum absolute atomic E-state index is 14.4. The van der Waals surface area contributed by atoms with Gasteiger partial charge >= 0.3 is 83.2 Å². The quantitative estimate of drug-likeness (QED) is 0.0961. The topological polar surface area (TPSA) is 58.5 Å². The van der Waals surface area contributed by atoms with Crippen LogP contribution in [0.25, 0.3) is 0 Å². The van der Waals surface area contributed by atoms with Crippen molar-refractivity contribution < 1.29 is 137 Å². The molecule has 0 spiro atoms. The van der Waals surface area contributed by atoms with E-state index in [2.05, 4.69) is 4.99 Å². The molecule has 1 atom stereocenters. The Labute approximate surface area is 304 Å². The van der Waals surface area contributed by atoms with Crippen LogP contribution in [0.3, 0.4) is 0 Å². The Morgan fingerprint density at radius 1 is 0.525 bits per heavy atom. The van der Waals surface area contributed by atoms with Crippen molar-refractivity contribution in [2.24, 2.45) is 4.99 Å². The van der Waals surface area contributed by atoms with Gasteiger partial charge in [-0.2, -0.15) is 132 Å². The van der Waals surface area contributed by atoms with Crippen LogP contribution < -0.4 is 5.32 Å². The molecule has 59 heavy (non-hydrogen) atoms. The van der Waals surface area contributed by atoms with Crippen molar-refractivity contribution in [1.82, 2.24) is 5.32 Å². The number of nitrogens with zero attached hydrogens (tertiary/aromatic N) is 1. The minimum atomic E-state index is -10.00. The normalized spacial score (nSPS) is 16.1. The number of aryl methyl sites for hydroxylation is 1. The molecular weight excluding hydrogens is 923 g/mol. The number of para-hydroxylation sites is 1. The van der Waals surface area contributed by atoms with Gasteiger partial charge in [0.2, 0.25) is 6.08 Å². The lowest BCUT2D eigenvalue weighted by atomic mass is 9.83. The van der Waals surface area contributed by atoms with E-state index in [0.29, 0.717) is 6.07 Å². The fraction of sp³-hybridized carbons (Fsp3) is 0.692. The lowest BCUT2D eigenvalue weighted by Crippen LogP contribution is -2.79. The number of hydrogen-bond donors (Lipinski definition) is 1. The minimum Gasteiger partial charge on any atom is -0.349 e. The molecule has 0 aliphatic carbocycles. The van der Waals surface area contributed by atoms with Crippen LogP contribution in [0.5, 0.6) is 0 Å². The first-order chi connectivity index (χ1) is 25.5. The minimum absolute atomic E-state index is 0.0711. The van der Waals surface area contributed by atoms with Gasteiger partial charge in [-0.15, -0.1) is 0 Å². The monoisotopic (exact) mass is 936 g/mol. The number of halogens is 29. The van der Waals surface area contributed by atoms with Crippen molar-refractivity contribution in [3.8, 4) is 0 Å². The molecule has 0 aliphatic rings. The molecule has 1 aromatic carbocycles. The number of alkyl halides is 29. The third kappa shape index (κ3) is 7.15. The summed E-state index contributed by atoms with van der Waals surface area (Å²) in [7, 11) is 0.